The average molecular weight is 256 g/mol. The third-order valence-electron chi connectivity index (χ3n) is 3.34. The summed E-state index contributed by atoms with van der Waals surface area (Å²) >= 11 is 6.42. The summed E-state index contributed by atoms with van der Waals surface area (Å²) in [6, 6.07) is 16.0. The first kappa shape index (κ1) is 10.0. The van der Waals surface area contributed by atoms with Gasteiger partial charge >= 0.3 is 0 Å². The molecule has 1 N–H and O–H groups in total. The molecule has 2 aromatic carbocycles. The predicted molar refractivity (Wildman–Crippen MR) is 73.9 cm³/mol. The number of para-hydroxylation sites is 2. The van der Waals surface area contributed by atoms with Crippen molar-refractivity contribution < 1.29 is 4.42 Å². The lowest BCUT2D eigenvalue weighted by Gasteiger charge is -2.21. The normalized spacial score (nSPS) is 17.1. The third-order valence-corrected chi connectivity index (χ3v) is 3.67. The van der Waals surface area contributed by atoms with Gasteiger partial charge in [-0.15, -0.1) is 0 Å². The molecule has 0 fully saturated rings. The van der Waals surface area contributed by atoms with E-state index in [2.05, 4.69) is 5.32 Å². The highest BCUT2D eigenvalue weighted by Crippen LogP contribution is 2.46. The molecular weight excluding hydrogens is 246 g/mol. The van der Waals surface area contributed by atoms with Crippen molar-refractivity contribution in [1.82, 2.24) is 0 Å². The second kappa shape index (κ2) is 3.53. The zero-order valence-corrected chi connectivity index (χ0v) is 10.2. The molecule has 18 heavy (non-hydrogen) atoms. The summed E-state index contributed by atoms with van der Waals surface area (Å²) in [6.07, 6.45) is 0. The maximum absolute atomic E-state index is 6.42. The minimum absolute atomic E-state index is 0.251. The molecule has 1 unspecified atom stereocenters. The molecule has 0 aliphatic carbocycles. The van der Waals surface area contributed by atoms with Gasteiger partial charge in [0.25, 0.3) is 0 Å². The van der Waals surface area contributed by atoms with Gasteiger partial charge in [0, 0.05) is 22.2 Å². The lowest BCUT2D eigenvalue weighted by Crippen LogP contribution is -2.10. The first-order valence-corrected chi connectivity index (χ1v) is 6.29. The molecular formula is C15H10ClNO. The van der Waals surface area contributed by atoms with Crippen molar-refractivity contribution in [1.29, 1.82) is 0 Å². The predicted octanol–water partition coefficient (Wildman–Crippen LogP) is 4.76. The minimum atomic E-state index is -0.251. The molecule has 0 bridgehead atoms. The van der Waals surface area contributed by atoms with Crippen LogP contribution < -0.4 is 5.32 Å². The summed E-state index contributed by atoms with van der Waals surface area (Å²) in [6.45, 7) is 0. The summed E-state index contributed by atoms with van der Waals surface area (Å²) in [7, 11) is 0. The van der Waals surface area contributed by atoms with Crippen molar-refractivity contribution >= 4 is 28.3 Å². The number of alkyl halides is 1. The Morgan fingerprint density at radius 2 is 1.78 bits per heavy atom. The van der Waals surface area contributed by atoms with Crippen LogP contribution in [-0.4, -0.2) is 0 Å². The third kappa shape index (κ3) is 1.24. The molecule has 0 radical (unpaired) electrons. The zero-order chi connectivity index (χ0) is 12.1. The van der Waals surface area contributed by atoms with Crippen LogP contribution in [0.5, 0.6) is 0 Å². The lowest BCUT2D eigenvalue weighted by atomic mass is 10.00. The first-order chi connectivity index (χ1) is 8.84. The average Bonchev–Trinajstić information content (AvgIpc) is 2.79. The van der Waals surface area contributed by atoms with Gasteiger partial charge in [0.05, 0.1) is 0 Å². The van der Waals surface area contributed by atoms with E-state index < -0.39 is 0 Å². The maximum atomic E-state index is 6.42. The number of halogens is 1. The van der Waals surface area contributed by atoms with Gasteiger partial charge in [-0.1, -0.05) is 41.9 Å². The smallest absolute Gasteiger partial charge is 0.144 e. The largest absolute Gasteiger partial charge is 0.456 e. The fraction of sp³-hybridized carbons (Fsp3) is 0.0667. The summed E-state index contributed by atoms with van der Waals surface area (Å²) in [4.78, 5) is 0. The minimum Gasteiger partial charge on any atom is -0.456 e. The lowest BCUT2D eigenvalue weighted by molar-refractivity contribution is 0.625. The van der Waals surface area contributed by atoms with E-state index in [1.165, 1.54) is 0 Å². The van der Waals surface area contributed by atoms with E-state index in [9.17, 15) is 0 Å². The van der Waals surface area contributed by atoms with E-state index in [0.717, 1.165) is 33.5 Å². The fourth-order valence-corrected chi connectivity index (χ4v) is 2.87. The Labute approximate surface area is 109 Å². The van der Waals surface area contributed by atoms with Gasteiger partial charge < -0.3 is 9.73 Å². The maximum Gasteiger partial charge on any atom is 0.144 e. The van der Waals surface area contributed by atoms with E-state index in [1.807, 2.05) is 48.5 Å². The molecule has 0 amide bonds. The first-order valence-electron chi connectivity index (χ1n) is 5.86. The van der Waals surface area contributed by atoms with Crippen molar-refractivity contribution in [2.75, 3.05) is 5.32 Å². The van der Waals surface area contributed by atoms with Crippen LogP contribution in [0.25, 0.3) is 22.3 Å². The molecule has 4 rings (SSSR count). The Kier molecular flexibility index (Phi) is 1.97. The summed E-state index contributed by atoms with van der Waals surface area (Å²) in [5, 5.41) is 4.38. The highest BCUT2D eigenvalue weighted by atomic mass is 35.5. The van der Waals surface area contributed by atoms with Crippen LogP contribution in [0.4, 0.5) is 5.69 Å². The molecule has 3 aromatic rings. The van der Waals surface area contributed by atoms with Crippen LogP contribution in [0.15, 0.2) is 52.9 Å². The van der Waals surface area contributed by atoms with Gasteiger partial charge in [0.2, 0.25) is 0 Å². The number of furan rings is 1. The number of fused-ring (bicyclic) bond motifs is 5. The number of rotatable bonds is 0. The molecule has 0 saturated heterocycles. The van der Waals surface area contributed by atoms with Crippen molar-refractivity contribution in [2.24, 2.45) is 0 Å². The molecule has 0 spiro atoms. The molecule has 1 aliphatic heterocycles. The van der Waals surface area contributed by atoms with Crippen LogP contribution in [0.3, 0.4) is 0 Å². The number of anilines is 1. The molecule has 2 heterocycles. The fourth-order valence-electron chi connectivity index (χ4n) is 2.53. The topological polar surface area (TPSA) is 25.2 Å². The van der Waals surface area contributed by atoms with E-state index >= 15 is 0 Å². The summed E-state index contributed by atoms with van der Waals surface area (Å²) in [5.74, 6) is 0.880. The van der Waals surface area contributed by atoms with Gasteiger partial charge in [0.1, 0.15) is 16.8 Å². The number of nitrogens with one attached hydrogen (secondary N) is 1. The van der Waals surface area contributed by atoms with Crippen LogP contribution in [0.1, 0.15) is 11.1 Å². The molecule has 3 heteroatoms. The summed E-state index contributed by atoms with van der Waals surface area (Å²) < 4.78 is 5.96. The number of hydrogen-bond donors (Lipinski definition) is 1. The highest BCUT2D eigenvalue weighted by molar-refractivity contribution is 6.24. The molecule has 88 valence electrons. The second-order valence-corrected chi connectivity index (χ2v) is 4.83. The van der Waals surface area contributed by atoms with E-state index in [1.54, 1.807) is 0 Å². The quantitative estimate of drug-likeness (QED) is 0.463. The van der Waals surface area contributed by atoms with E-state index in [-0.39, 0.29) is 5.50 Å². The molecule has 2 nitrogen and oxygen atoms in total. The van der Waals surface area contributed by atoms with Crippen LogP contribution in [0, 0.1) is 0 Å². The van der Waals surface area contributed by atoms with Gasteiger partial charge in [-0.3, -0.25) is 0 Å². The summed E-state index contributed by atoms with van der Waals surface area (Å²) in [5.41, 5.74) is 3.75. The van der Waals surface area contributed by atoms with Gasteiger partial charge in [-0.25, -0.2) is 0 Å². The standard InChI is InChI=1S/C15H10ClNO/c16-15-13-10-6-2-4-8-12(10)18-14(13)9-5-1-3-7-11(9)17-15/h1-8,15,17H. The van der Waals surface area contributed by atoms with Gasteiger partial charge in [-0.05, 0) is 18.2 Å². The Morgan fingerprint density at radius 3 is 2.72 bits per heavy atom. The van der Waals surface area contributed by atoms with E-state index in [0.29, 0.717) is 0 Å². The molecule has 1 aliphatic rings. The van der Waals surface area contributed by atoms with Gasteiger partial charge in [0.15, 0.2) is 0 Å². The Bertz CT molecular complexity index is 747. The Balaban J connectivity index is 2.12. The second-order valence-electron chi connectivity index (χ2n) is 4.39. The van der Waals surface area contributed by atoms with E-state index in [4.69, 9.17) is 16.0 Å². The SMILES string of the molecule is ClC1Nc2ccccc2-c2oc3ccccc3c21. The van der Waals surface area contributed by atoms with Crippen molar-refractivity contribution in [3.8, 4) is 11.3 Å². The van der Waals surface area contributed by atoms with Crippen molar-refractivity contribution in [3.63, 3.8) is 0 Å². The molecule has 1 aromatic heterocycles. The van der Waals surface area contributed by atoms with Gasteiger partial charge in [-0.2, -0.15) is 0 Å². The van der Waals surface area contributed by atoms with Crippen LogP contribution >= 0.6 is 11.6 Å². The Hall–Kier alpha value is -1.93. The van der Waals surface area contributed by atoms with Crippen LogP contribution in [-0.2, 0) is 0 Å². The number of hydrogen-bond acceptors (Lipinski definition) is 2. The zero-order valence-electron chi connectivity index (χ0n) is 9.48. The highest BCUT2D eigenvalue weighted by Gasteiger charge is 2.28. The van der Waals surface area contributed by atoms with Crippen molar-refractivity contribution in [2.45, 2.75) is 5.50 Å². The number of benzene rings is 2. The monoisotopic (exact) mass is 255 g/mol. The molecule has 0 saturated carbocycles. The van der Waals surface area contributed by atoms with Crippen LogP contribution in [0.2, 0.25) is 0 Å². The Morgan fingerprint density at radius 1 is 1.00 bits per heavy atom. The van der Waals surface area contributed by atoms with Crippen molar-refractivity contribution in [3.05, 3.63) is 54.1 Å². The molecule has 1 atom stereocenters.